The van der Waals surface area contributed by atoms with E-state index in [1.807, 2.05) is 18.9 Å². The van der Waals surface area contributed by atoms with Gasteiger partial charge in [0.25, 0.3) is 16.0 Å². The van der Waals surface area contributed by atoms with Gasteiger partial charge in [0, 0.05) is 24.4 Å². The fourth-order valence-corrected chi connectivity index (χ4v) is 9.08. The Morgan fingerprint density at radius 1 is 0.625 bits per heavy atom. The number of aryl methyl sites for hydroxylation is 1. The molecule has 344 valence electrons. The Morgan fingerprint density at radius 3 is 1.78 bits per heavy atom. The molecule has 0 saturated heterocycles. The van der Waals surface area contributed by atoms with Gasteiger partial charge in [0.2, 0.25) is 0 Å². The Labute approximate surface area is 379 Å². The van der Waals surface area contributed by atoms with Crippen molar-refractivity contribution in [2.75, 3.05) is 33.3 Å². The lowest BCUT2D eigenvalue weighted by molar-refractivity contribution is 0.102. The first kappa shape index (κ1) is 49.5. The van der Waals surface area contributed by atoms with Crippen molar-refractivity contribution in [3.05, 3.63) is 108 Å². The molecule has 5 aromatic rings. The predicted molar refractivity (Wildman–Crippen MR) is 261 cm³/mol. The average Bonchev–Trinajstić information content (AvgIpc) is 3.26. The van der Waals surface area contributed by atoms with Gasteiger partial charge in [0.1, 0.15) is 11.4 Å². The summed E-state index contributed by atoms with van der Waals surface area (Å²) in [6.45, 7) is 4.79. The number of hydrogen-bond donors (Lipinski definition) is 5. The van der Waals surface area contributed by atoms with Gasteiger partial charge in [-0.25, -0.2) is 0 Å². The van der Waals surface area contributed by atoms with E-state index in [9.17, 15) is 31.3 Å². The molecule has 0 aliphatic rings. The van der Waals surface area contributed by atoms with E-state index >= 15 is 0 Å². The van der Waals surface area contributed by atoms with E-state index in [1.165, 1.54) is 114 Å². The maximum atomic E-state index is 14.1. The van der Waals surface area contributed by atoms with E-state index in [0.29, 0.717) is 28.7 Å². The van der Waals surface area contributed by atoms with Crippen LogP contribution >= 0.6 is 0 Å². The molecule has 1 amide bonds. The zero-order valence-corrected chi connectivity index (χ0v) is 39.0. The number of anilines is 4. The summed E-state index contributed by atoms with van der Waals surface area (Å²) in [6, 6.07) is 25.4. The van der Waals surface area contributed by atoms with Crippen molar-refractivity contribution in [3.8, 4) is 5.75 Å². The Morgan fingerprint density at radius 2 is 1.17 bits per heavy atom. The SMILES string of the molecule is CCCCCCCCCCCCCCCCCCN(C)c1ccc(S(=O)(=O)O)cc1NC(=O)c1cc(N=Nc2ccccc2NS(=O)(=O)Nc2ccc(C)cc2)c2ccccc2c1O. The highest BCUT2D eigenvalue weighted by molar-refractivity contribution is 7.94. The van der Waals surface area contributed by atoms with Crippen LogP contribution < -0.4 is 19.7 Å². The van der Waals surface area contributed by atoms with Gasteiger partial charge >= 0.3 is 10.2 Å². The molecule has 5 rings (SSSR count). The first-order valence-electron chi connectivity index (χ1n) is 22.5. The van der Waals surface area contributed by atoms with Gasteiger partial charge in [-0.2, -0.15) is 16.8 Å². The highest BCUT2D eigenvalue weighted by Gasteiger charge is 2.22. The number of nitrogens with zero attached hydrogens (tertiary/aromatic N) is 3. The molecule has 0 unspecified atom stereocenters. The molecule has 15 heteroatoms. The molecule has 5 aromatic carbocycles. The Hall–Kier alpha value is -5.51. The summed E-state index contributed by atoms with van der Waals surface area (Å²) in [5.74, 6) is -1.10. The molecule has 64 heavy (non-hydrogen) atoms. The van der Waals surface area contributed by atoms with E-state index < -0.39 is 31.1 Å². The van der Waals surface area contributed by atoms with Crippen LogP contribution in [0.15, 0.2) is 112 Å². The second-order valence-corrected chi connectivity index (χ2v) is 19.3. The van der Waals surface area contributed by atoms with E-state index in [4.69, 9.17) is 0 Å². The molecule has 0 atom stereocenters. The number of phenols is 1. The molecular formula is C49H64N6O7S2. The predicted octanol–water partition coefficient (Wildman–Crippen LogP) is 13.2. The number of azo groups is 1. The number of aromatic hydroxyl groups is 1. The second-order valence-electron chi connectivity index (χ2n) is 16.5. The van der Waals surface area contributed by atoms with Gasteiger partial charge in [0.05, 0.1) is 38.9 Å². The van der Waals surface area contributed by atoms with Crippen molar-refractivity contribution in [3.63, 3.8) is 0 Å². The van der Waals surface area contributed by atoms with Crippen LogP contribution in [-0.4, -0.2) is 46.0 Å². The summed E-state index contributed by atoms with van der Waals surface area (Å²) < 4.78 is 65.4. The third-order valence-corrected chi connectivity index (χ3v) is 13.1. The van der Waals surface area contributed by atoms with Gasteiger partial charge in [0.15, 0.2) is 0 Å². The number of rotatable bonds is 27. The first-order valence-corrected chi connectivity index (χ1v) is 25.4. The van der Waals surface area contributed by atoms with Gasteiger partial charge in [-0.15, -0.1) is 10.2 Å². The van der Waals surface area contributed by atoms with Crippen LogP contribution in [-0.2, 0) is 20.3 Å². The minimum absolute atomic E-state index is 0.121. The lowest BCUT2D eigenvalue weighted by atomic mass is 10.0. The number of phenolic OH excluding ortho intramolecular Hbond substituents is 1. The van der Waals surface area contributed by atoms with Crippen LogP contribution in [0.2, 0.25) is 0 Å². The molecule has 0 fully saturated rings. The number of nitrogens with one attached hydrogen (secondary N) is 3. The minimum Gasteiger partial charge on any atom is -0.506 e. The molecule has 0 aliphatic carbocycles. The normalized spacial score (nSPS) is 11.9. The van der Waals surface area contributed by atoms with Gasteiger partial charge in [-0.1, -0.05) is 157 Å². The number of hydrogen-bond acceptors (Lipinski definition) is 9. The summed E-state index contributed by atoms with van der Waals surface area (Å²) in [4.78, 5) is 15.6. The average molecular weight is 913 g/mol. The Kier molecular flexibility index (Phi) is 19.0. The van der Waals surface area contributed by atoms with Crippen molar-refractivity contribution >= 4 is 71.1 Å². The number of carbonyl (C=O) groups is 1. The van der Waals surface area contributed by atoms with Crippen LogP contribution in [0.1, 0.15) is 126 Å². The van der Waals surface area contributed by atoms with Gasteiger partial charge in [-0.05, 0) is 61.9 Å². The zero-order chi connectivity index (χ0) is 46.0. The summed E-state index contributed by atoms with van der Waals surface area (Å²) in [6.07, 6.45) is 20.1. The lowest BCUT2D eigenvalue weighted by Crippen LogP contribution is -2.22. The van der Waals surface area contributed by atoms with Crippen LogP contribution in [0.5, 0.6) is 5.75 Å². The smallest absolute Gasteiger partial charge is 0.321 e. The van der Waals surface area contributed by atoms with E-state index in [0.717, 1.165) is 24.8 Å². The summed E-state index contributed by atoms with van der Waals surface area (Å²) in [5, 5.41) is 23.7. The summed E-state index contributed by atoms with van der Waals surface area (Å²) in [5.41, 5.74) is 2.34. The monoisotopic (exact) mass is 912 g/mol. The van der Waals surface area contributed by atoms with Crippen LogP contribution in [0, 0.1) is 6.92 Å². The molecule has 0 aliphatic heterocycles. The lowest BCUT2D eigenvalue weighted by Gasteiger charge is -2.23. The zero-order valence-electron chi connectivity index (χ0n) is 37.4. The standard InChI is InChI=1S/C49H64N6O7S2/c1-4-5-6-7-8-9-10-11-12-13-14-15-16-17-18-23-34-55(3)47-33-32-39(63(58,59)60)35-46(47)50-49(57)42-36-45(40-24-19-20-25-41(40)48(42)56)52-51-43-26-21-22-27-44(43)54-64(61,62)53-38-30-28-37(2)29-31-38/h19-22,24-33,35-36,53-54,56H,4-18,23,34H2,1-3H3,(H,50,57)(H,58,59,60). The molecular weight excluding hydrogens is 849 g/mol. The van der Waals surface area contributed by atoms with Gasteiger partial charge < -0.3 is 15.3 Å². The Balaban J connectivity index is 1.24. The van der Waals surface area contributed by atoms with Crippen molar-refractivity contribution < 1.29 is 31.3 Å². The Bertz CT molecular complexity index is 2550. The quantitative estimate of drug-likeness (QED) is 0.0195. The van der Waals surface area contributed by atoms with E-state index in [-0.39, 0.29) is 34.1 Å². The number of para-hydroxylation sites is 1. The van der Waals surface area contributed by atoms with Crippen molar-refractivity contribution in [2.24, 2.45) is 10.2 Å². The molecule has 0 spiro atoms. The van der Waals surface area contributed by atoms with Crippen LogP contribution in [0.3, 0.4) is 0 Å². The number of amides is 1. The van der Waals surface area contributed by atoms with Gasteiger partial charge in [-0.3, -0.25) is 18.8 Å². The molecule has 0 saturated carbocycles. The highest BCUT2D eigenvalue weighted by Crippen LogP contribution is 2.39. The number of unbranched alkanes of at least 4 members (excludes halogenated alkanes) is 15. The summed E-state index contributed by atoms with van der Waals surface area (Å²) in [7, 11) is -6.84. The molecule has 0 aromatic heterocycles. The molecule has 13 nitrogen and oxygen atoms in total. The second kappa shape index (κ2) is 24.5. The van der Waals surface area contributed by atoms with E-state index in [1.54, 1.807) is 66.7 Å². The summed E-state index contributed by atoms with van der Waals surface area (Å²) >= 11 is 0. The minimum atomic E-state index is -4.62. The molecule has 0 heterocycles. The number of fused-ring (bicyclic) bond motifs is 1. The molecule has 0 bridgehead atoms. The fraction of sp³-hybridized carbons (Fsp3) is 0.408. The topological polar surface area (TPSA) is 190 Å². The number of carbonyl (C=O) groups excluding carboxylic acids is 1. The van der Waals surface area contributed by atoms with Crippen LogP contribution in [0.25, 0.3) is 10.8 Å². The first-order chi connectivity index (χ1) is 30.8. The molecule has 0 radical (unpaired) electrons. The number of benzene rings is 5. The maximum Gasteiger partial charge on any atom is 0.321 e. The fourth-order valence-electron chi connectivity index (χ4n) is 7.61. The molecule has 5 N–H and O–H groups in total. The van der Waals surface area contributed by atoms with Crippen molar-refractivity contribution in [1.82, 2.24) is 0 Å². The maximum absolute atomic E-state index is 14.1. The van der Waals surface area contributed by atoms with Crippen molar-refractivity contribution in [1.29, 1.82) is 0 Å². The third kappa shape index (κ3) is 15.3. The van der Waals surface area contributed by atoms with Crippen molar-refractivity contribution in [2.45, 2.75) is 121 Å². The third-order valence-electron chi connectivity index (χ3n) is 11.2. The van der Waals surface area contributed by atoms with E-state index in [2.05, 4.69) is 31.9 Å². The highest BCUT2D eigenvalue weighted by atomic mass is 32.2. The van der Waals surface area contributed by atoms with Crippen LogP contribution in [0.4, 0.5) is 34.1 Å². The largest absolute Gasteiger partial charge is 0.506 e.